The average Bonchev–Trinajstić information content (AvgIpc) is 3.28. The highest BCUT2D eigenvalue weighted by molar-refractivity contribution is 6.31. The number of fused-ring (bicyclic) bond motifs is 6. The highest BCUT2D eigenvalue weighted by Gasteiger charge is 2.39. The molecular weight excluding hydrogens is 540 g/mol. The van der Waals surface area contributed by atoms with Gasteiger partial charge in [-0.2, -0.15) is 0 Å². The van der Waals surface area contributed by atoms with Gasteiger partial charge in [-0.1, -0.05) is 144 Å². The summed E-state index contributed by atoms with van der Waals surface area (Å²) >= 11 is 0. The second-order valence-corrected chi connectivity index (χ2v) is 14.5. The Kier molecular flexibility index (Phi) is 5.32. The fourth-order valence-corrected chi connectivity index (χ4v) is 8.30. The van der Waals surface area contributed by atoms with Gasteiger partial charge in [0.25, 0.3) is 0 Å². The predicted octanol–water partition coefficient (Wildman–Crippen LogP) is 12.7. The first kappa shape index (κ1) is 26.5. The lowest BCUT2D eigenvalue weighted by Crippen LogP contribution is -2.15. The van der Waals surface area contributed by atoms with Crippen LogP contribution in [0.1, 0.15) is 51.3 Å². The van der Waals surface area contributed by atoms with E-state index in [9.17, 15) is 0 Å². The molecule has 0 N–H and O–H groups in total. The van der Waals surface area contributed by atoms with Crippen molar-refractivity contribution in [1.29, 1.82) is 0 Å². The zero-order valence-corrected chi connectivity index (χ0v) is 26.6. The lowest BCUT2D eigenvalue weighted by molar-refractivity contribution is 0.590. The second-order valence-electron chi connectivity index (χ2n) is 14.5. The molecule has 0 radical (unpaired) electrons. The van der Waals surface area contributed by atoms with Gasteiger partial charge < -0.3 is 0 Å². The van der Waals surface area contributed by atoms with Crippen LogP contribution in [-0.2, 0) is 10.8 Å². The molecule has 0 saturated carbocycles. The van der Waals surface area contributed by atoms with Gasteiger partial charge in [0.2, 0.25) is 0 Å². The first-order valence-corrected chi connectivity index (χ1v) is 16.2. The van der Waals surface area contributed by atoms with Gasteiger partial charge in [0, 0.05) is 5.41 Å². The minimum absolute atomic E-state index is 0.104. The molecule has 0 aromatic heterocycles. The van der Waals surface area contributed by atoms with E-state index in [1.54, 1.807) is 0 Å². The molecule has 8 aromatic carbocycles. The second kappa shape index (κ2) is 9.05. The van der Waals surface area contributed by atoms with Crippen LogP contribution in [0.5, 0.6) is 0 Å². The molecule has 0 saturated heterocycles. The lowest BCUT2D eigenvalue weighted by Gasteiger charge is -2.26. The van der Waals surface area contributed by atoms with E-state index in [-0.39, 0.29) is 10.8 Å². The zero-order chi connectivity index (χ0) is 30.7. The summed E-state index contributed by atoms with van der Waals surface area (Å²) in [6.07, 6.45) is 0. The maximum atomic E-state index is 2.45. The first-order valence-electron chi connectivity index (χ1n) is 16.2. The van der Waals surface area contributed by atoms with Crippen molar-refractivity contribution in [2.24, 2.45) is 0 Å². The Bertz CT molecular complexity index is 2460. The molecule has 0 amide bonds. The van der Waals surface area contributed by atoms with Crippen LogP contribution in [0, 0.1) is 0 Å². The largest absolute Gasteiger partial charge is 0.0616 e. The molecule has 0 heterocycles. The molecule has 9 rings (SSSR count). The molecule has 8 aromatic rings. The fourth-order valence-electron chi connectivity index (χ4n) is 8.30. The maximum Gasteiger partial charge on any atom is 0.0165 e. The zero-order valence-electron chi connectivity index (χ0n) is 26.6. The van der Waals surface area contributed by atoms with Crippen molar-refractivity contribution >= 4 is 43.1 Å². The minimum atomic E-state index is -0.104. The quantitative estimate of drug-likeness (QED) is 0.180. The smallest absolute Gasteiger partial charge is 0.0165 e. The van der Waals surface area contributed by atoms with Crippen molar-refractivity contribution in [2.75, 3.05) is 0 Å². The van der Waals surface area contributed by atoms with Crippen LogP contribution < -0.4 is 0 Å². The third kappa shape index (κ3) is 3.66. The van der Waals surface area contributed by atoms with E-state index in [0.717, 1.165) is 0 Å². The van der Waals surface area contributed by atoms with Gasteiger partial charge in [-0.05, 0) is 117 Å². The van der Waals surface area contributed by atoms with Crippen LogP contribution >= 0.6 is 0 Å². The van der Waals surface area contributed by atoms with Gasteiger partial charge in [-0.15, -0.1) is 0 Å². The molecule has 0 atom stereocenters. The van der Waals surface area contributed by atoms with Crippen molar-refractivity contribution in [2.45, 2.75) is 45.4 Å². The Balaban J connectivity index is 1.37. The molecule has 0 bridgehead atoms. The van der Waals surface area contributed by atoms with E-state index < -0.39 is 0 Å². The summed E-state index contributed by atoms with van der Waals surface area (Å²) in [5.41, 5.74) is 12.2. The Morgan fingerprint density at radius 2 is 1.07 bits per heavy atom. The molecule has 1 aliphatic rings. The van der Waals surface area contributed by atoms with E-state index in [0.29, 0.717) is 0 Å². The van der Waals surface area contributed by atoms with Crippen LogP contribution in [0.15, 0.2) is 127 Å². The summed E-state index contributed by atoms with van der Waals surface area (Å²) in [5.74, 6) is 0. The van der Waals surface area contributed by atoms with Crippen LogP contribution in [0.4, 0.5) is 0 Å². The Morgan fingerprint density at radius 1 is 0.467 bits per heavy atom. The number of rotatable bonds is 2. The lowest BCUT2D eigenvalue weighted by atomic mass is 9.77. The Hall–Kier alpha value is -4.94. The van der Waals surface area contributed by atoms with Crippen LogP contribution in [0.3, 0.4) is 0 Å². The molecule has 0 heteroatoms. The summed E-state index contributed by atoms with van der Waals surface area (Å²) in [6, 6.07) is 48.2. The molecular formula is C45H36. The topological polar surface area (TPSA) is 0 Å². The Labute approximate surface area is 265 Å². The van der Waals surface area contributed by atoms with Gasteiger partial charge in [-0.3, -0.25) is 0 Å². The summed E-state index contributed by atoms with van der Waals surface area (Å²) < 4.78 is 0. The molecule has 1 aliphatic carbocycles. The highest BCUT2D eigenvalue weighted by atomic mass is 14.4. The minimum Gasteiger partial charge on any atom is -0.0616 e. The van der Waals surface area contributed by atoms with Crippen LogP contribution in [0.2, 0.25) is 0 Å². The van der Waals surface area contributed by atoms with E-state index >= 15 is 0 Å². The first-order chi connectivity index (χ1) is 21.7. The summed E-state index contributed by atoms with van der Waals surface area (Å²) in [5, 5.41) is 10.8. The van der Waals surface area contributed by atoms with Crippen molar-refractivity contribution < 1.29 is 0 Å². The average molecular weight is 577 g/mol. The number of benzene rings is 8. The van der Waals surface area contributed by atoms with Crippen molar-refractivity contribution in [3.05, 3.63) is 144 Å². The van der Waals surface area contributed by atoms with Gasteiger partial charge in [0.15, 0.2) is 0 Å². The third-order valence-electron chi connectivity index (χ3n) is 10.5. The van der Waals surface area contributed by atoms with Gasteiger partial charge in [0.1, 0.15) is 0 Å². The van der Waals surface area contributed by atoms with Gasteiger partial charge in [0.05, 0.1) is 0 Å². The molecule has 0 nitrogen and oxygen atoms in total. The number of hydrogen-bond donors (Lipinski definition) is 0. The SMILES string of the molecule is CC(C)(C)c1ccc(-c2ccccc2-c2cc3cccc4c5c(c6cccc2c6c34)-c2cc3ccccc3cc2C5(C)C)cc1. The standard InChI is InChI=1S/C45H36/c1-44(2,3)31-22-20-27(21-23-31)32-15-8-9-16-33(32)37-25-30-14-10-19-36-40(30)41-34(37)17-11-18-35(41)42-38-24-28-12-6-7-13-29(28)26-39(38)45(4,5)43(36)42/h6-26H,1-5H3. The third-order valence-corrected chi connectivity index (χ3v) is 10.5. The molecule has 0 unspecified atom stereocenters. The molecule has 0 fully saturated rings. The monoisotopic (exact) mass is 576 g/mol. The fraction of sp³-hybridized carbons (Fsp3) is 0.156. The summed E-state index contributed by atoms with van der Waals surface area (Å²) in [7, 11) is 0. The molecule has 0 spiro atoms. The van der Waals surface area contributed by atoms with Gasteiger partial charge >= 0.3 is 0 Å². The molecule has 0 aliphatic heterocycles. The predicted molar refractivity (Wildman–Crippen MR) is 195 cm³/mol. The number of hydrogen-bond acceptors (Lipinski definition) is 0. The molecule has 45 heavy (non-hydrogen) atoms. The normalized spacial score (nSPS) is 14.1. The highest BCUT2D eigenvalue weighted by Crippen LogP contribution is 2.57. The van der Waals surface area contributed by atoms with E-state index in [4.69, 9.17) is 0 Å². The maximum absolute atomic E-state index is 2.45. The van der Waals surface area contributed by atoms with Crippen molar-refractivity contribution in [3.8, 4) is 33.4 Å². The van der Waals surface area contributed by atoms with E-state index in [1.807, 2.05) is 0 Å². The van der Waals surface area contributed by atoms with Crippen LogP contribution in [-0.4, -0.2) is 0 Å². The van der Waals surface area contributed by atoms with Gasteiger partial charge in [-0.25, -0.2) is 0 Å². The van der Waals surface area contributed by atoms with E-state index in [2.05, 4.69) is 162 Å². The van der Waals surface area contributed by atoms with E-state index in [1.165, 1.54) is 93.2 Å². The summed E-state index contributed by atoms with van der Waals surface area (Å²) in [4.78, 5) is 0. The van der Waals surface area contributed by atoms with Crippen molar-refractivity contribution in [1.82, 2.24) is 0 Å². The molecule has 216 valence electrons. The summed E-state index contributed by atoms with van der Waals surface area (Å²) in [6.45, 7) is 11.7. The van der Waals surface area contributed by atoms with Crippen molar-refractivity contribution in [3.63, 3.8) is 0 Å². The Morgan fingerprint density at radius 3 is 1.82 bits per heavy atom. The van der Waals surface area contributed by atoms with Crippen LogP contribution in [0.25, 0.3) is 76.5 Å².